The van der Waals surface area contributed by atoms with Crippen molar-refractivity contribution in [3.05, 3.63) is 12.3 Å². The van der Waals surface area contributed by atoms with E-state index in [0.717, 1.165) is 0 Å². The van der Waals surface area contributed by atoms with Crippen LogP contribution in [0.25, 0.3) is 0 Å². The van der Waals surface area contributed by atoms with E-state index in [4.69, 9.17) is 0 Å². The van der Waals surface area contributed by atoms with Gasteiger partial charge in [-0.3, -0.25) is 0 Å². The average molecular weight is 116 g/mol. The molecule has 44 valence electrons. The van der Waals surface area contributed by atoms with Gasteiger partial charge in [0, 0.05) is 0 Å². The smallest absolute Gasteiger partial charge is 0.0679 e. The van der Waals surface area contributed by atoms with Crippen molar-refractivity contribution in [3.8, 4) is 0 Å². The van der Waals surface area contributed by atoms with Crippen molar-refractivity contribution in [2.24, 2.45) is 0 Å². The van der Waals surface area contributed by atoms with Gasteiger partial charge in [-0.25, -0.2) is 0 Å². The van der Waals surface area contributed by atoms with E-state index in [1.54, 1.807) is 0 Å². The molecule has 0 N–H and O–H groups in total. The molecule has 0 fully saturated rings. The van der Waals surface area contributed by atoms with E-state index in [-0.39, 0.29) is 7.43 Å². The third-order valence-corrected chi connectivity index (χ3v) is 1.84. The largest absolute Gasteiger partial charge is 0.107 e. The van der Waals surface area contributed by atoms with E-state index in [1.807, 2.05) is 0 Å². The number of hydrogen-bond donors (Lipinski definition) is 0. The van der Waals surface area contributed by atoms with Gasteiger partial charge in [-0.05, 0) is 0 Å². The van der Waals surface area contributed by atoms with Crippen molar-refractivity contribution in [2.75, 3.05) is 0 Å². The summed E-state index contributed by atoms with van der Waals surface area (Å²) in [6.45, 7) is 10.5. The van der Waals surface area contributed by atoms with Crippen LogP contribution in [0.1, 0.15) is 7.43 Å². The van der Waals surface area contributed by atoms with Gasteiger partial charge in [0.2, 0.25) is 0 Å². The van der Waals surface area contributed by atoms with Gasteiger partial charge < -0.3 is 0 Å². The molecule has 1 heteroatoms. The molecular weight excluding hydrogens is 100 g/mol. The highest BCUT2D eigenvalue weighted by molar-refractivity contribution is 6.80. The highest BCUT2D eigenvalue weighted by atomic mass is 28.3. The Labute approximate surface area is 48.3 Å². The van der Waals surface area contributed by atoms with Crippen LogP contribution in [0.5, 0.6) is 0 Å². The molecule has 0 nitrogen and oxygen atoms in total. The van der Waals surface area contributed by atoms with Gasteiger partial charge in [-0.15, -0.1) is 12.3 Å². The molecule has 0 aliphatic heterocycles. The van der Waals surface area contributed by atoms with Gasteiger partial charge in [0.05, 0.1) is 8.07 Å². The first kappa shape index (κ1) is 10.0. The second-order valence-electron chi connectivity index (χ2n) is 2.57. The van der Waals surface area contributed by atoms with Crippen molar-refractivity contribution < 1.29 is 0 Å². The molecule has 0 rings (SSSR count). The zero-order chi connectivity index (χ0) is 5.21. The number of rotatable bonds is 1. The van der Waals surface area contributed by atoms with E-state index in [1.165, 1.54) is 0 Å². The molecule has 0 aromatic rings. The quantitative estimate of drug-likeness (QED) is 0.462. The van der Waals surface area contributed by atoms with Crippen molar-refractivity contribution >= 4 is 8.07 Å². The molecule has 0 saturated carbocycles. The van der Waals surface area contributed by atoms with Gasteiger partial charge in [0.1, 0.15) is 0 Å². The van der Waals surface area contributed by atoms with Crippen LogP contribution in [-0.2, 0) is 0 Å². The predicted octanol–water partition coefficient (Wildman–Crippen LogP) is 2.69. The topological polar surface area (TPSA) is 0 Å². The van der Waals surface area contributed by atoms with Gasteiger partial charge in [0.25, 0.3) is 0 Å². The lowest BCUT2D eigenvalue weighted by Gasteiger charge is -2.04. The Morgan fingerprint density at radius 3 is 1.43 bits per heavy atom. The summed E-state index contributed by atoms with van der Waals surface area (Å²) in [6.07, 6.45) is 0. The minimum atomic E-state index is -0.867. The molecule has 0 spiro atoms. The van der Waals surface area contributed by atoms with Crippen LogP contribution in [0.15, 0.2) is 12.3 Å². The lowest BCUT2D eigenvalue weighted by Crippen LogP contribution is -2.14. The van der Waals surface area contributed by atoms with Gasteiger partial charge in [-0.1, -0.05) is 27.1 Å². The fourth-order valence-electron chi connectivity index (χ4n) is 0. The molecule has 0 aromatic carbocycles. The Bertz CT molecular complexity index is 49.7. The molecule has 0 atom stereocenters. The third kappa shape index (κ3) is 10.7. The van der Waals surface area contributed by atoms with Crippen LogP contribution in [-0.4, -0.2) is 8.07 Å². The van der Waals surface area contributed by atoms with Crippen molar-refractivity contribution in [3.63, 3.8) is 0 Å². The molecule has 0 aliphatic rings. The van der Waals surface area contributed by atoms with Crippen LogP contribution >= 0.6 is 0 Å². The summed E-state index contributed by atoms with van der Waals surface area (Å²) >= 11 is 0. The Morgan fingerprint density at radius 2 is 1.43 bits per heavy atom. The number of hydrogen-bond acceptors (Lipinski definition) is 0. The van der Waals surface area contributed by atoms with E-state index in [0.29, 0.717) is 0 Å². The van der Waals surface area contributed by atoms with E-state index >= 15 is 0 Å². The molecule has 0 aromatic heterocycles. The van der Waals surface area contributed by atoms with Crippen molar-refractivity contribution in [1.29, 1.82) is 0 Å². The normalized spacial score (nSPS) is 9.57. The monoisotopic (exact) mass is 116 g/mol. The third-order valence-electron chi connectivity index (χ3n) is 0.612. The summed E-state index contributed by atoms with van der Waals surface area (Å²) in [6, 6.07) is 0. The Balaban J connectivity index is 0. The predicted molar refractivity (Wildman–Crippen MR) is 40.3 cm³/mol. The van der Waals surface area contributed by atoms with Crippen LogP contribution in [0, 0.1) is 0 Å². The Morgan fingerprint density at radius 1 is 1.29 bits per heavy atom. The SMILES string of the molecule is C.C=C[Si](C)(C)C. The van der Waals surface area contributed by atoms with Crippen LogP contribution in [0.2, 0.25) is 19.6 Å². The minimum absolute atomic E-state index is 0. The molecule has 0 radical (unpaired) electrons. The standard InChI is InChI=1S/C5H12Si.CH4/c1-5-6(2,3)4;/h5H,1H2,2-4H3;1H4. The fourth-order valence-corrected chi connectivity index (χ4v) is 0. The maximum atomic E-state index is 3.69. The fraction of sp³-hybridized carbons (Fsp3) is 0.667. The van der Waals surface area contributed by atoms with Crippen LogP contribution in [0.3, 0.4) is 0 Å². The average Bonchev–Trinajstić information content (AvgIpc) is 1.35. The van der Waals surface area contributed by atoms with Crippen molar-refractivity contribution in [2.45, 2.75) is 27.1 Å². The van der Waals surface area contributed by atoms with Gasteiger partial charge in [-0.2, -0.15) is 0 Å². The Hall–Kier alpha value is -0.0431. The second-order valence-corrected chi connectivity index (χ2v) is 7.71. The highest BCUT2D eigenvalue weighted by Crippen LogP contribution is 1.98. The molecule has 0 aliphatic carbocycles. The maximum Gasteiger partial charge on any atom is 0.0679 e. The van der Waals surface area contributed by atoms with Crippen LogP contribution in [0.4, 0.5) is 0 Å². The lowest BCUT2D eigenvalue weighted by atomic mass is 11.3. The van der Waals surface area contributed by atoms with E-state index in [2.05, 4.69) is 31.9 Å². The summed E-state index contributed by atoms with van der Waals surface area (Å²) in [5, 5.41) is 0. The van der Waals surface area contributed by atoms with Crippen LogP contribution < -0.4 is 0 Å². The zero-order valence-corrected chi connectivity index (χ0v) is 5.78. The summed E-state index contributed by atoms with van der Waals surface area (Å²) < 4.78 is 0. The Kier molecular flexibility index (Phi) is 4.34. The summed E-state index contributed by atoms with van der Waals surface area (Å²) in [5.74, 6) is 0. The molecule has 0 saturated heterocycles. The van der Waals surface area contributed by atoms with Crippen molar-refractivity contribution in [1.82, 2.24) is 0 Å². The van der Waals surface area contributed by atoms with E-state index < -0.39 is 8.07 Å². The summed E-state index contributed by atoms with van der Waals surface area (Å²) in [5.41, 5.74) is 2.08. The first-order valence-electron chi connectivity index (χ1n) is 2.20. The molecule has 0 unspecified atom stereocenters. The second kappa shape index (κ2) is 3.02. The first-order valence-corrected chi connectivity index (χ1v) is 5.77. The molecule has 0 bridgehead atoms. The summed E-state index contributed by atoms with van der Waals surface area (Å²) in [7, 11) is -0.867. The molecule has 7 heavy (non-hydrogen) atoms. The van der Waals surface area contributed by atoms with Gasteiger partial charge >= 0.3 is 0 Å². The maximum absolute atomic E-state index is 3.69. The first-order chi connectivity index (χ1) is 2.56. The molecule has 0 amide bonds. The lowest BCUT2D eigenvalue weighted by molar-refractivity contribution is 1.78. The molecule has 0 heterocycles. The van der Waals surface area contributed by atoms with E-state index in [9.17, 15) is 0 Å². The highest BCUT2D eigenvalue weighted by Gasteiger charge is 2.03. The zero-order valence-electron chi connectivity index (χ0n) is 4.78. The summed E-state index contributed by atoms with van der Waals surface area (Å²) in [4.78, 5) is 0. The molecular formula is C6H16Si. The minimum Gasteiger partial charge on any atom is -0.107 e. The van der Waals surface area contributed by atoms with Gasteiger partial charge in [0.15, 0.2) is 0 Å².